The lowest BCUT2D eigenvalue weighted by Crippen LogP contribution is -2.57. The molecule has 1 unspecified atom stereocenters. The predicted molar refractivity (Wildman–Crippen MR) is 81.9 cm³/mol. The Hall–Kier alpha value is -1.36. The fourth-order valence-corrected chi connectivity index (χ4v) is 3.31. The van der Waals surface area contributed by atoms with E-state index in [1.807, 2.05) is 7.05 Å². The van der Waals surface area contributed by atoms with Gasteiger partial charge in [-0.3, -0.25) is 0 Å². The highest BCUT2D eigenvalue weighted by Crippen LogP contribution is 2.35. The van der Waals surface area contributed by atoms with E-state index >= 15 is 0 Å². The molecule has 0 saturated carbocycles. The maximum absolute atomic E-state index is 5.92. The summed E-state index contributed by atoms with van der Waals surface area (Å²) in [6.07, 6.45) is 3.39. The molecule has 0 aromatic carbocycles. The molecule has 1 aliphatic heterocycles. The van der Waals surface area contributed by atoms with Gasteiger partial charge in [-0.2, -0.15) is 4.98 Å². The molecule has 1 aromatic rings. The fraction of sp³-hybridized carbons (Fsp3) is 0.733. The number of nitrogens with one attached hydrogen (secondary N) is 1. The van der Waals surface area contributed by atoms with Crippen molar-refractivity contribution < 1.29 is 0 Å². The number of hydrogen-bond donors (Lipinski definition) is 2. The first-order chi connectivity index (χ1) is 9.58. The van der Waals surface area contributed by atoms with Crippen LogP contribution in [-0.2, 0) is 12.8 Å². The van der Waals surface area contributed by atoms with Crippen molar-refractivity contribution in [3.63, 3.8) is 0 Å². The van der Waals surface area contributed by atoms with Gasteiger partial charge in [0, 0.05) is 24.7 Å². The van der Waals surface area contributed by atoms with Crippen LogP contribution in [0.5, 0.6) is 0 Å². The van der Waals surface area contributed by atoms with Crippen molar-refractivity contribution in [1.82, 2.24) is 15.3 Å². The molecule has 1 fully saturated rings. The molecule has 1 saturated heterocycles. The van der Waals surface area contributed by atoms with E-state index in [2.05, 4.69) is 34.0 Å². The molecular formula is C15H25N5. The molecule has 1 atom stereocenters. The molecule has 3 N–H and O–H groups in total. The van der Waals surface area contributed by atoms with Crippen molar-refractivity contribution in [3.05, 3.63) is 11.3 Å². The summed E-state index contributed by atoms with van der Waals surface area (Å²) in [5, 5.41) is 3.30. The van der Waals surface area contributed by atoms with Gasteiger partial charge in [0.1, 0.15) is 5.82 Å². The SMILES string of the molecule is CNC1CN(c2nc(N)nc3c2CCC(C(C)C)C3)C1. The summed E-state index contributed by atoms with van der Waals surface area (Å²) in [5.41, 5.74) is 8.45. The number of nitrogens with zero attached hydrogens (tertiary/aromatic N) is 3. The summed E-state index contributed by atoms with van der Waals surface area (Å²) in [4.78, 5) is 11.4. The molecule has 5 heteroatoms. The zero-order valence-corrected chi connectivity index (χ0v) is 12.7. The maximum atomic E-state index is 5.92. The van der Waals surface area contributed by atoms with Gasteiger partial charge < -0.3 is 16.0 Å². The number of fused-ring (bicyclic) bond motifs is 1. The molecule has 0 spiro atoms. The van der Waals surface area contributed by atoms with Gasteiger partial charge >= 0.3 is 0 Å². The van der Waals surface area contributed by atoms with Crippen molar-refractivity contribution >= 4 is 11.8 Å². The van der Waals surface area contributed by atoms with Crippen LogP contribution in [0, 0.1) is 11.8 Å². The van der Waals surface area contributed by atoms with Gasteiger partial charge in [-0.05, 0) is 38.1 Å². The highest BCUT2D eigenvalue weighted by Gasteiger charge is 2.32. The Kier molecular flexibility index (Phi) is 3.54. The summed E-state index contributed by atoms with van der Waals surface area (Å²) in [6.45, 7) is 6.64. The van der Waals surface area contributed by atoms with E-state index in [0.29, 0.717) is 17.9 Å². The standard InChI is InChI=1S/C15H25N5/c1-9(2)10-4-5-12-13(6-10)18-15(16)19-14(12)20-7-11(8-20)17-3/h9-11,17H,4-8H2,1-3H3,(H2,16,18,19). The van der Waals surface area contributed by atoms with Crippen molar-refractivity contribution in [3.8, 4) is 0 Å². The van der Waals surface area contributed by atoms with E-state index in [9.17, 15) is 0 Å². The second-order valence-electron chi connectivity index (χ2n) is 6.47. The van der Waals surface area contributed by atoms with Crippen LogP contribution in [0.1, 0.15) is 31.5 Å². The number of aromatic nitrogens is 2. The second-order valence-corrected chi connectivity index (χ2v) is 6.47. The van der Waals surface area contributed by atoms with Crippen LogP contribution in [0.4, 0.5) is 11.8 Å². The van der Waals surface area contributed by atoms with E-state index in [4.69, 9.17) is 5.73 Å². The monoisotopic (exact) mass is 275 g/mol. The van der Waals surface area contributed by atoms with Crippen LogP contribution < -0.4 is 16.0 Å². The number of anilines is 2. The van der Waals surface area contributed by atoms with E-state index in [1.54, 1.807) is 0 Å². The third-order valence-electron chi connectivity index (χ3n) is 4.84. The Labute approximate surface area is 121 Å². The Bertz CT molecular complexity index is 493. The molecule has 0 radical (unpaired) electrons. The lowest BCUT2D eigenvalue weighted by Gasteiger charge is -2.42. The zero-order valence-electron chi connectivity index (χ0n) is 12.7. The van der Waals surface area contributed by atoms with Gasteiger partial charge in [0.2, 0.25) is 5.95 Å². The minimum Gasteiger partial charge on any atom is -0.368 e. The fourth-order valence-electron chi connectivity index (χ4n) is 3.31. The van der Waals surface area contributed by atoms with Gasteiger partial charge in [0.25, 0.3) is 0 Å². The van der Waals surface area contributed by atoms with Crippen LogP contribution in [0.15, 0.2) is 0 Å². The Morgan fingerprint density at radius 1 is 1.30 bits per heavy atom. The Balaban J connectivity index is 1.86. The smallest absolute Gasteiger partial charge is 0.222 e. The summed E-state index contributed by atoms with van der Waals surface area (Å²) in [5.74, 6) is 2.95. The molecule has 3 rings (SSSR count). The molecule has 1 aromatic heterocycles. The number of likely N-dealkylation sites (N-methyl/N-ethyl adjacent to an activating group) is 1. The normalized spacial score (nSPS) is 22.8. The van der Waals surface area contributed by atoms with Gasteiger partial charge in [-0.15, -0.1) is 0 Å². The summed E-state index contributed by atoms with van der Waals surface area (Å²) in [7, 11) is 2.01. The molecule has 5 nitrogen and oxygen atoms in total. The van der Waals surface area contributed by atoms with E-state index in [0.717, 1.165) is 37.7 Å². The topological polar surface area (TPSA) is 67.1 Å². The molecule has 20 heavy (non-hydrogen) atoms. The number of nitrogens with two attached hydrogens (primary N) is 1. The van der Waals surface area contributed by atoms with Gasteiger partial charge in [0.05, 0.1) is 5.69 Å². The molecule has 0 bridgehead atoms. The highest BCUT2D eigenvalue weighted by molar-refractivity contribution is 5.55. The van der Waals surface area contributed by atoms with E-state index < -0.39 is 0 Å². The number of nitrogen functional groups attached to an aromatic ring is 1. The lowest BCUT2D eigenvalue weighted by molar-refractivity contribution is 0.337. The van der Waals surface area contributed by atoms with Crippen LogP contribution in [0.25, 0.3) is 0 Å². The van der Waals surface area contributed by atoms with Crippen LogP contribution >= 0.6 is 0 Å². The molecule has 1 aliphatic carbocycles. The van der Waals surface area contributed by atoms with E-state index in [-0.39, 0.29) is 0 Å². The minimum absolute atomic E-state index is 0.427. The zero-order chi connectivity index (χ0) is 14.3. The largest absolute Gasteiger partial charge is 0.368 e. The number of rotatable bonds is 3. The summed E-state index contributed by atoms with van der Waals surface area (Å²) < 4.78 is 0. The molecule has 0 amide bonds. The average Bonchev–Trinajstić information content (AvgIpc) is 2.36. The van der Waals surface area contributed by atoms with Gasteiger partial charge in [-0.25, -0.2) is 4.98 Å². The van der Waals surface area contributed by atoms with Crippen molar-refractivity contribution in [2.75, 3.05) is 30.8 Å². The van der Waals surface area contributed by atoms with E-state index in [1.165, 1.54) is 17.7 Å². The molecule has 2 aliphatic rings. The van der Waals surface area contributed by atoms with Gasteiger partial charge in [-0.1, -0.05) is 13.8 Å². The quantitative estimate of drug-likeness (QED) is 0.868. The van der Waals surface area contributed by atoms with Gasteiger partial charge in [0.15, 0.2) is 0 Å². The van der Waals surface area contributed by atoms with Crippen molar-refractivity contribution in [1.29, 1.82) is 0 Å². The third kappa shape index (κ3) is 2.35. The first-order valence-electron chi connectivity index (χ1n) is 7.66. The number of hydrogen-bond acceptors (Lipinski definition) is 5. The van der Waals surface area contributed by atoms with Crippen LogP contribution in [0.3, 0.4) is 0 Å². The minimum atomic E-state index is 0.427. The first-order valence-corrected chi connectivity index (χ1v) is 7.66. The van der Waals surface area contributed by atoms with Crippen LogP contribution in [-0.4, -0.2) is 36.1 Å². The third-order valence-corrected chi connectivity index (χ3v) is 4.84. The second kappa shape index (κ2) is 5.20. The van der Waals surface area contributed by atoms with Crippen LogP contribution in [0.2, 0.25) is 0 Å². The molecular weight excluding hydrogens is 250 g/mol. The molecule has 2 heterocycles. The Morgan fingerprint density at radius 2 is 2.05 bits per heavy atom. The molecule has 110 valence electrons. The highest BCUT2D eigenvalue weighted by atomic mass is 15.3. The maximum Gasteiger partial charge on any atom is 0.222 e. The van der Waals surface area contributed by atoms with Crippen molar-refractivity contribution in [2.24, 2.45) is 11.8 Å². The Morgan fingerprint density at radius 3 is 2.70 bits per heavy atom. The van der Waals surface area contributed by atoms with Crippen molar-refractivity contribution in [2.45, 2.75) is 39.2 Å². The predicted octanol–water partition coefficient (Wildman–Crippen LogP) is 1.23. The first kappa shape index (κ1) is 13.6. The summed E-state index contributed by atoms with van der Waals surface area (Å²) in [6, 6.07) is 0.578. The summed E-state index contributed by atoms with van der Waals surface area (Å²) >= 11 is 0. The lowest BCUT2D eigenvalue weighted by atomic mass is 9.80. The average molecular weight is 275 g/mol.